The standard InChI is InChI=1S/C12H25N5/c1-10(2)9-13-7-6-12(3,4)8-11-14-16-17(5)15-11/h10,13H,6-9H2,1-5H3. The number of rotatable bonds is 7. The van der Waals surface area contributed by atoms with Gasteiger partial charge in [-0.25, -0.2) is 0 Å². The fourth-order valence-corrected chi connectivity index (χ4v) is 1.73. The number of aromatic nitrogens is 4. The molecule has 1 N–H and O–H groups in total. The highest BCUT2D eigenvalue weighted by atomic mass is 15.6. The number of aryl methyl sites for hydroxylation is 1. The fraction of sp³-hybridized carbons (Fsp3) is 0.917. The summed E-state index contributed by atoms with van der Waals surface area (Å²) in [7, 11) is 1.80. The molecular formula is C12H25N5. The first-order chi connectivity index (χ1) is 7.89. The van der Waals surface area contributed by atoms with Gasteiger partial charge in [0, 0.05) is 6.42 Å². The van der Waals surface area contributed by atoms with Gasteiger partial charge in [-0.15, -0.1) is 10.2 Å². The second kappa shape index (κ2) is 6.10. The summed E-state index contributed by atoms with van der Waals surface area (Å²) >= 11 is 0. The Morgan fingerprint density at radius 1 is 1.35 bits per heavy atom. The summed E-state index contributed by atoms with van der Waals surface area (Å²) in [5.74, 6) is 1.54. The lowest BCUT2D eigenvalue weighted by atomic mass is 9.85. The van der Waals surface area contributed by atoms with Crippen LogP contribution in [0.4, 0.5) is 0 Å². The maximum Gasteiger partial charge on any atom is 0.175 e. The largest absolute Gasteiger partial charge is 0.316 e. The molecule has 0 unspecified atom stereocenters. The Bertz CT molecular complexity index is 329. The van der Waals surface area contributed by atoms with Gasteiger partial charge in [-0.1, -0.05) is 27.7 Å². The van der Waals surface area contributed by atoms with Gasteiger partial charge in [0.05, 0.1) is 7.05 Å². The topological polar surface area (TPSA) is 55.6 Å². The van der Waals surface area contributed by atoms with E-state index in [0.29, 0.717) is 5.92 Å². The van der Waals surface area contributed by atoms with E-state index in [4.69, 9.17) is 0 Å². The summed E-state index contributed by atoms with van der Waals surface area (Å²) in [6, 6.07) is 0. The van der Waals surface area contributed by atoms with Gasteiger partial charge >= 0.3 is 0 Å². The molecule has 1 aromatic rings. The van der Waals surface area contributed by atoms with Crippen molar-refractivity contribution in [2.24, 2.45) is 18.4 Å². The van der Waals surface area contributed by atoms with Gasteiger partial charge in [0.15, 0.2) is 5.82 Å². The van der Waals surface area contributed by atoms with E-state index in [0.717, 1.165) is 31.8 Å². The normalized spacial score (nSPS) is 12.4. The summed E-state index contributed by atoms with van der Waals surface area (Å²) in [6.45, 7) is 11.1. The lowest BCUT2D eigenvalue weighted by molar-refractivity contribution is 0.315. The third-order valence-electron chi connectivity index (χ3n) is 2.72. The molecule has 0 amide bonds. The molecule has 0 atom stereocenters. The van der Waals surface area contributed by atoms with Gasteiger partial charge in [-0.05, 0) is 36.1 Å². The summed E-state index contributed by atoms with van der Waals surface area (Å²) in [5.41, 5.74) is 0.215. The van der Waals surface area contributed by atoms with Gasteiger partial charge in [-0.2, -0.15) is 4.80 Å². The molecule has 17 heavy (non-hydrogen) atoms. The van der Waals surface area contributed by atoms with Crippen molar-refractivity contribution in [1.29, 1.82) is 0 Å². The molecule has 0 aliphatic carbocycles. The maximum absolute atomic E-state index is 4.23. The molecule has 1 aromatic heterocycles. The zero-order valence-electron chi connectivity index (χ0n) is 11.7. The van der Waals surface area contributed by atoms with Gasteiger partial charge < -0.3 is 5.32 Å². The van der Waals surface area contributed by atoms with E-state index in [1.807, 2.05) is 0 Å². The minimum atomic E-state index is 0.215. The Kier molecular flexibility index (Phi) is 5.05. The smallest absolute Gasteiger partial charge is 0.175 e. The van der Waals surface area contributed by atoms with E-state index < -0.39 is 0 Å². The van der Waals surface area contributed by atoms with Crippen molar-refractivity contribution in [1.82, 2.24) is 25.5 Å². The van der Waals surface area contributed by atoms with Crippen LogP contribution in [-0.2, 0) is 13.5 Å². The molecule has 0 bridgehead atoms. The monoisotopic (exact) mass is 239 g/mol. The first-order valence-electron chi connectivity index (χ1n) is 6.33. The first-order valence-corrected chi connectivity index (χ1v) is 6.33. The number of hydrogen-bond acceptors (Lipinski definition) is 4. The van der Waals surface area contributed by atoms with Crippen molar-refractivity contribution >= 4 is 0 Å². The van der Waals surface area contributed by atoms with Crippen LogP contribution in [0.25, 0.3) is 0 Å². The summed E-state index contributed by atoms with van der Waals surface area (Å²) in [6.07, 6.45) is 2.00. The van der Waals surface area contributed by atoms with Gasteiger partial charge in [0.25, 0.3) is 0 Å². The molecular weight excluding hydrogens is 214 g/mol. The Labute approximate surface area is 104 Å². The van der Waals surface area contributed by atoms with E-state index in [1.165, 1.54) is 4.80 Å². The first kappa shape index (κ1) is 14.1. The molecule has 0 spiro atoms. The minimum absolute atomic E-state index is 0.215. The summed E-state index contributed by atoms with van der Waals surface area (Å²) < 4.78 is 0. The van der Waals surface area contributed by atoms with Crippen LogP contribution < -0.4 is 5.32 Å². The molecule has 0 saturated carbocycles. The number of tetrazole rings is 1. The molecule has 5 nitrogen and oxygen atoms in total. The van der Waals surface area contributed by atoms with Crippen LogP contribution in [-0.4, -0.2) is 33.3 Å². The lowest BCUT2D eigenvalue weighted by Crippen LogP contribution is -2.27. The van der Waals surface area contributed by atoms with Crippen LogP contribution in [0.5, 0.6) is 0 Å². The van der Waals surface area contributed by atoms with E-state index in [-0.39, 0.29) is 5.41 Å². The second-order valence-corrected chi connectivity index (χ2v) is 5.88. The SMILES string of the molecule is CC(C)CNCCC(C)(C)Cc1nnn(C)n1. The van der Waals surface area contributed by atoms with E-state index in [9.17, 15) is 0 Å². The molecule has 1 rings (SSSR count). The molecule has 1 heterocycles. The number of nitrogens with zero attached hydrogens (tertiary/aromatic N) is 4. The van der Waals surface area contributed by atoms with Crippen LogP contribution in [0.3, 0.4) is 0 Å². The number of hydrogen-bond donors (Lipinski definition) is 1. The van der Waals surface area contributed by atoms with Crippen molar-refractivity contribution in [3.8, 4) is 0 Å². The Balaban J connectivity index is 2.30. The van der Waals surface area contributed by atoms with Crippen LogP contribution in [0, 0.1) is 11.3 Å². The van der Waals surface area contributed by atoms with Crippen molar-refractivity contribution < 1.29 is 0 Å². The fourth-order valence-electron chi connectivity index (χ4n) is 1.73. The van der Waals surface area contributed by atoms with Gasteiger partial charge in [-0.3, -0.25) is 0 Å². The average molecular weight is 239 g/mol. The van der Waals surface area contributed by atoms with Crippen molar-refractivity contribution in [3.63, 3.8) is 0 Å². The Morgan fingerprint density at radius 2 is 2.06 bits per heavy atom. The third kappa shape index (κ3) is 5.77. The van der Waals surface area contributed by atoms with Crippen molar-refractivity contribution in [3.05, 3.63) is 5.82 Å². The quantitative estimate of drug-likeness (QED) is 0.731. The minimum Gasteiger partial charge on any atom is -0.316 e. The molecule has 5 heteroatoms. The van der Waals surface area contributed by atoms with Gasteiger partial charge in [0.1, 0.15) is 0 Å². The zero-order chi connectivity index (χ0) is 12.9. The predicted octanol–water partition coefficient (Wildman–Crippen LogP) is 1.41. The summed E-state index contributed by atoms with van der Waals surface area (Å²) in [4.78, 5) is 1.52. The molecule has 0 saturated heterocycles. The maximum atomic E-state index is 4.23. The Hall–Kier alpha value is -0.970. The highest BCUT2D eigenvalue weighted by Gasteiger charge is 2.20. The third-order valence-corrected chi connectivity index (χ3v) is 2.72. The highest BCUT2D eigenvalue weighted by molar-refractivity contribution is 4.86. The van der Waals surface area contributed by atoms with Crippen LogP contribution in [0.15, 0.2) is 0 Å². The second-order valence-electron chi connectivity index (χ2n) is 5.88. The average Bonchev–Trinajstić information content (AvgIpc) is 2.57. The van der Waals surface area contributed by atoms with E-state index in [1.54, 1.807) is 7.05 Å². The predicted molar refractivity (Wildman–Crippen MR) is 68.6 cm³/mol. The lowest BCUT2D eigenvalue weighted by Gasteiger charge is -2.23. The van der Waals surface area contributed by atoms with Crippen LogP contribution in [0.1, 0.15) is 39.9 Å². The Morgan fingerprint density at radius 3 is 2.59 bits per heavy atom. The zero-order valence-corrected chi connectivity index (χ0v) is 11.7. The van der Waals surface area contributed by atoms with E-state index >= 15 is 0 Å². The number of nitrogens with one attached hydrogen (secondary N) is 1. The molecule has 0 radical (unpaired) electrons. The van der Waals surface area contributed by atoms with E-state index in [2.05, 4.69) is 48.4 Å². The van der Waals surface area contributed by atoms with Crippen LogP contribution in [0.2, 0.25) is 0 Å². The highest BCUT2D eigenvalue weighted by Crippen LogP contribution is 2.23. The molecule has 0 aliphatic heterocycles. The summed E-state index contributed by atoms with van der Waals surface area (Å²) in [5, 5.41) is 15.6. The van der Waals surface area contributed by atoms with Crippen molar-refractivity contribution in [2.45, 2.75) is 40.5 Å². The molecule has 0 aliphatic rings. The molecule has 98 valence electrons. The van der Waals surface area contributed by atoms with Crippen LogP contribution >= 0.6 is 0 Å². The molecule has 0 aromatic carbocycles. The van der Waals surface area contributed by atoms with Crippen molar-refractivity contribution in [2.75, 3.05) is 13.1 Å². The molecule has 0 fully saturated rings. The van der Waals surface area contributed by atoms with Gasteiger partial charge in [0.2, 0.25) is 0 Å².